The molecule has 2 amide bonds. The van der Waals surface area contributed by atoms with Crippen LogP contribution in [0.1, 0.15) is 30.7 Å². The minimum Gasteiger partial charge on any atom is -0.341 e. The number of hydrogen-bond acceptors (Lipinski definition) is 3. The van der Waals surface area contributed by atoms with Crippen LogP contribution in [0.4, 0.5) is 4.79 Å². The SMILES string of the molecule is CNC(=O)NC1CCN(S(=O)(=O)C2CC2c2ccccc2)CC1. The summed E-state index contributed by atoms with van der Waals surface area (Å²) in [6, 6.07) is 9.68. The van der Waals surface area contributed by atoms with Crippen molar-refractivity contribution in [3.63, 3.8) is 0 Å². The average Bonchev–Trinajstić information content (AvgIpc) is 3.37. The highest BCUT2D eigenvalue weighted by molar-refractivity contribution is 7.90. The summed E-state index contributed by atoms with van der Waals surface area (Å²) in [4.78, 5) is 11.3. The van der Waals surface area contributed by atoms with Gasteiger partial charge in [0.15, 0.2) is 0 Å². The van der Waals surface area contributed by atoms with E-state index in [2.05, 4.69) is 10.6 Å². The van der Waals surface area contributed by atoms with Gasteiger partial charge in [-0.1, -0.05) is 30.3 Å². The minimum absolute atomic E-state index is 0.0468. The van der Waals surface area contributed by atoms with Crippen molar-refractivity contribution >= 4 is 16.1 Å². The summed E-state index contributed by atoms with van der Waals surface area (Å²) in [5.74, 6) is 0.128. The maximum atomic E-state index is 12.7. The molecule has 3 rings (SSSR count). The van der Waals surface area contributed by atoms with Gasteiger partial charge < -0.3 is 10.6 Å². The zero-order chi connectivity index (χ0) is 16.4. The molecule has 1 aliphatic heterocycles. The van der Waals surface area contributed by atoms with Crippen LogP contribution in [-0.2, 0) is 10.0 Å². The number of hydrogen-bond donors (Lipinski definition) is 2. The lowest BCUT2D eigenvalue weighted by Crippen LogP contribution is -2.49. The molecule has 0 radical (unpaired) electrons. The molecule has 1 aromatic rings. The highest BCUT2D eigenvalue weighted by Crippen LogP contribution is 2.47. The van der Waals surface area contributed by atoms with Gasteiger partial charge in [-0.15, -0.1) is 0 Å². The van der Waals surface area contributed by atoms with E-state index >= 15 is 0 Å². The number of nitrogens with zero attached hydrogens (tertiary/aromatic N) is 1. The molecule has 2 atom stereocenters. The Morgan fingerprint density at radius 1 is 1.17 bits per heavy atom. The summed E-state index contributed by atoms with van der Waals surface area (Å²) in [7, 11) is -1.66. The van der Waals surface area contributed by atoms with Crippen LogP contribution < -0.4 is 10.6 Å². The van der Waals surface area contributed by atoms with Gasteiger partial charge in [-0.3, -0.25) is 0 Å². The van der Waals surface area contributed by atoms with Gasteiger partial charge in [-0.2, -0.15) is 0 Å². The molecule has 6 nitrogen and oxygen atoms in total. The monoisotopic (exact) mass is 337 g/mol. The second-order valence-corrected chi connectivity index (χ2v) is 8.38. The van der Waals surface area contributed by atoms with Gasteiger partial charge in [0.25, 0.3) is 0 Å². The first-order valence-electron chi connectivity index (χ1n) is 8.04. The number of amides is 2. The summed E-state index contributed by atoms with van der Waals surface area (Å²) in [6.45, 7) is 0.962. The Balaban J connectivity index is 1.57. The number of piperidine rings is 1. The van der Waals surface area contributed by atoms with Crippen LogP contribution in [0.25, 0.3) is 0 Å². The standard InChI is InChI=1S/C16H23N3O3S/c1-17-16(20)18-13-7-9-19(10-8-13)23(21,22)15-11-14(15)12-5-3-2-4-6-12/h2-6,13-15H,7-11H2,1H3,(H2,17,18,20). The van der Waals surface area contributed by atoms with Gasteiger partial charge in [0, 0.05) is 32.1 Å². The zero-order valence-corrected chi connectivity index (χ0v) is 14.1. The van der Waals surface area contributed by atoms with Crippen LogP contribution in [0.2, 0.25) is 0 Å². The molecule has 0 spiro atoms. The Labute approximate surface area is 137 Å². The summed E-state index contributed by atoms with van der Waals surface area (Å²) in [5, 5.41) is 5.09. The fourth-order valence-corrected chi connectivity index (χ4v) is 5.38. The number of nitrogens with one attached hydrogen (secondary N) is 2. The van der Waals surface area contributed by atoms with Crippen LogP contribution in [-0.4, -0.2) is 50.2 Å². The van der Waals surface area contributed by atoms with E-state index in [4.69, 9.17) is 0 Å². The van der Waals surface area contributed by atoms with Crippen LogP contribution >= 0.6 is 0 Å². The van der Waals surface area contributed by atoms with E-state index in [1.165, 1.54) is 0 Å². The largest absolute Gasteiger partial charge is 0.341 e. The Morgan fingerprint density at radius 2 is 1.83 bits per heavy atom. The molecule has 0 aromatic heterocycles. The van der Waals surface area contributed by atoms with Gasteiger partial charge in [0.05, 0.1) is 5.25 Å². The molecule has 23 heavy (non-hydrogen) atoms. The number of carbonyl (C=O) groups excluding carboxylic acids is 1. The van der Waals surface area contributed by atoms with Crippen molar-refractivity contribution in [3.8, 4) is 0 Å². The Kier molecular flexibility index (Phi) is 4.59. The van der Waals surface area contributed by atoms with E-state index in [-0.39, 0.29) is 23.2 Å². The van der Waals surface area contributed by atoms with E-state index < -0.39 is 10.0 Å². The molecule has 0 bridgehead atoms. The van der Waals surface area contributed by atoms with Gasteiger partial charge in [-0.25, -0.2) is 17.5 Å². The lowest BCUT2D eigenvalue weighted by atomic mass is 10.1. The number of sulfonamides is 1. The summed E-state index contributed by atoms with van der Waals surface area (Å²) in [6.07, 6.45) is 2.04. The predicted octanol–water partition coefficient (Wildman–Crippen LogP) is 1.27. The lowest BCUT2D eigenvalue weighted by Gasteiger charge is -2.31. The minimum atomic E-state index is -3.24. The van der Waals surface area contributed by atoms with Gasteiger partial charge in [-0.05, 0) is 24.8 Å². The summed E-state index contributed by atoms with van der Waals surface area (Å²) >= 11 is 0. The third-order valence-electron chi connectivity index (χ3n) is 4.72. The maximum Gasteiger partial charge on any atom is 0.314 e. The van der Waals surface area contributed by atoms with Crippen LogP contribution in [0.5, 0.6) is 0 Å². The second kappa shape index (κ2) is 6.49. The van der Waals surface area contributed by atoms with E-state index in [0.717, 1.165) is 5.56 Å². The maximum absolute atomic E-state index is 12.7. The first-order chi connectivity index (χ1) is 11.0. The molecular formula is C16H23N3O3S. The van der Waals surface area contributed by atoms with Crippen molar-refractivity contribution in [2.45, 2.75) is 36.5 Å². The predicted molar refractivity (Wildman–Crippen MR) is 88.7 cm³/mol. The topological polar surface area (TPSA) is 78.5 Å². The molecule has 2 aliphatic rings. The van der Waals surface area contributed by atoms with Crippen molar-refractivity contribution in [3.05, 3.63) is 35.9 Å². The van der Waals surface area contributed by atoms with Crippen molar-refractivity contribution in [2.75, 3.05) is 20.1 Å². The molecule has 2 fully saturated rings. The number of rotatable bonds is 4. The molecular weight excluding hydrogens is 314 g/mol. The van der Waals surface area contributed by atoms with E-state index in [0.29, 0.717) is 32.4 Å². The van der Waals surface area contributed by atoms with Crippen molar-refractivity contribution in [1.29, 1.82) is 0 Å². The molecule has 1 saturated heterocycles. The molecule has 2 unspecified atom stereocenters. The molecule has 126 valence electrons. The molecule has 1 aliphatic carbocycles. The molecule has 2 N–H and O–H groups in total. The van der Waals surface area contributed by atoms with Crippen molar-refractivity contribution in [1.82, 2.24) is 14.9 Å². The third-order valence-corrected chi connectivity index (χ3v) is 7.09. The smallest absolute Gasteiger partial charge is 0.314 e. The van der Waals surface area contributed by atoms with E-state index in [1.54, 1.807) is 11.4 Å². The average molecular weight is 337 g/mol. The zero-order valence-electron chi connectivity index (χ0n) is 13.2. The summed E-state index contributed by atoms with van der Waals surface area (Å²) in [5.41, 5.74) is 1.11. The molecule has 1 heterocycles. The van der Waals surface area contributed by atoms with Crippen molar-refractivity contribution in [2.24, 2.45) is 0 Å². The Bertz CT molecular complexity index is 654. The number of carbonyl (C=O) groups is 1. The van der Waals surface area contributed by atoms with Gasteiger partial charge >= 0.3 is 6.03 Å². The van der Waals surface area contributed by atoms with E-state index in [9.17, 15) is 13.2 Å². The highest BCUT2D eigenvalue weighted by atomic mass is 32.2. The molecule has 7 heteroatoms. The summed E-state index contributed by atoms with van der Waals surface area (Å²) < 4.78 is 27.1. The first-order valence-corrected chi connectivity index (χ1v) is 9.55. The van der Waals surface area contributed by atoms with Crippen LogP contribution in [0.15, 0.2) is 30.3 Å². The highest BCUT2D eigenvalue weighted by Gasteiger charge is 2.50. The normalized spacial score (nSPS) is 25.8. The molecule has 1 aromatic carbocycles. The van der Waals surface area contributed by atoms with E-state index in [1.807, 2.05) is 30.3 Å². The molecule has 1 saturated carbocycles. The third kappa shape index (κ3) is 3.50. The van der Waals surface area contributed by atoms with Gasteiger partial charge in [0.2, 0.25) is 10.0 Å². The van der Waals surface area contributed by atoms with Crippen LogP contribution in [0.3, 0.4) is 0 Å². The Morgan fingerprint density at radius 3 is 2.43 bits per heavy atom. The van der Waals surface area contributed by atoms with Crippen molar-refractivity contribution < 1.29 is 13.2 Å². The second-order valence-electron chi connectivity index (χ2n) is 6.23. The fraction of sp³-hybridized carbons (Fsp3) is 0.562. The number of benzene rings is 1. The van der Waals surface area contributed by atoms with Crippen LogP contribution in [0, 0.1) is 0 Å². The quantitative estimate of drug-likeness (QED) is 0.868. The fourth-order valence-electron chi connectivity index (χ4n) is 3.26. The number of urea groups is 1. The Hall–Kier alpha value is -1.60. The first kappa shape index (κ1) is 16.3. The van der Waals surface area contributed by atoms with Gasteiger partial charge in [0.1, 0.15) is 0 Å². The lowest BCUT2D eigenvalue weighted by molar-refractivity contribution is 0.229.